The molecule has 0 spiro atoms. The largest absolute Gasteiger partial charge is 0.327 e. The van der Waals surface area contributed by atoms with Crippen molar-refractivity contribution in [2.45, 2.75) is 26.8 Å². The SMILES string of the molecule is Cc1ccc(-n2cc(-c3ccccc3)nc2NC(=O)CN(C(=O)c2ccccc2F)C(C)C)cc1. The van der Waals surface area contributed by atoms with E-state index in [1.807, 2.05) is 67.7 Å². The van der Waals surface area contributed by atoms with Gasteiger partial charge in [0.1, 0.15) is 12.4 Å². The number of nitrogens with zero attached hydrogens (tertiary/aromatic N) is 3. The van der Waals surface area contributed by atoms with Crippen molar-refractivity contribution in [2.75, 3.05) is 11.9 Å². The molecule has 6 nitrogen and oxygen atoms in total. The van der Waals surface area contributed by atoms with E-state index in [1.54, 1.807) is 24.5 Å². The Balaban J connectivity index is 1.62. The second kappa shape index (κ2) is 10.3. The maximum Gasteiger partial charge on any atom is 0.257 e. The fourth-order valence-electron chi connectivity index (χ4n) is 3.72. The van der Waals surface area contributed by atoms with Gasteiger partial charge in [-0.05, 0) is 45.0 Å². The van der Waals surface area contributed by atoms with E-state index < -0.39 is 17.6 Å². The van der Waals surface area contributed by atoms with Crippen LogP contribution in [0.25, 0.3) is 16.9 Å². The predicted molar refractivity (Wildman–Crippen MR) is 135 cm³/mol. The van der Waals surface area contributed by atoms with Crippen molar-refractivity contribution in [3.63, 3.8) is 0 Å². The third kappa shape index (κ3) is 5.46. The lowest BCUT2D eigenvalue weighted by Crippen LogP contribution is -2.42. The lowest BCUT2D eigenvalue weighted by atomic mass is 10.1. The summed E-state index contributed by atoms with van der Waals surface area (Å²) in [5.41, 5.74) is 3.49. The van der Waals surface area contributed by atoms with Gasteiger partial charge in [-0.15, -0.1) is 0 Å². The van der Waals surface area contributed by atoms with E-state index in [4.69, 9.17) is 0 Å². The van der Waals surface area contributed by atoms with Crippen molar-refractivity contribution in [1.82, 2.24) is 14.5 Å². The number of halogens is 1. The number of carbonyl (C=O) groups excluding carboxylic acids is 2. The van der Waals surface area contributed by atoms with Crippen LogP contribution in [-0.2, 0) is 4.79 Å². The number of benzene rings is 3. The third-order valence-corrected chi connectivity index (χ3v) is 5.64. The zero-order valence-electron chi connectivity index (χ0n) is 19.9. The maximum atomic E-state index is 14.2. The summed E-state index contributed by atoms with van der Waals surface area (Å²) in [6.07, 6.45) is 1.86. The first-order valence-electron chi connectivity index (χ1n) is 11.4. The first-order valence-corrected chi connectivity index (χ1v) is 11.4. The van der Waals surface area contributed by atoms with E-state index in [0.29, 0.717) is 11.6 Å². The third-order valence-electron chi connectivity index (χ3n) is 5.64. The molecule has 1 N–H and O–H groups in total. The minimum Gasteiger partial charge on any atom is -0.327 e. The summed E-state index contributed by atoms with van der Waals surface area (Å²) in [6.45, 7) is 5.33. The number of anilines is 1. The summed E-state index contributed by atoms with van der Waals surface area (Å²) in [4.78, 5) is 32.1. The predicted octanol–water partition coefficient (Wildman–Crippen LogP) is 5.48. The quantitative estimate of drug-likeness (QED) is 0.389. The molecule has 7 heteroatoms. The fraction of sp³-hybridized carbons (Fsp3) is 0.179. The summed E-state index contributed by atoms with van der Waals surface area (Å²) < 4.78 is 16.0. The lowest BCUT2D eigenvalue weighted by Gasteiger charge is -2.26. The number of carbonyl (C=O) groups is 2. The number of aryl methyl sites for hydroxylation is 1. The molecular formula is C28H27FN4O2. The van der Waals surface area contributed by atoms with Gasteiger partial charge in [-0.2, -0.15) is 0 Å². The number of aromatic nitrogens is 2. The van der Waals surface area contributed by atoms with Gasteiger partial charge in [-0.3, -0.25) is 19.5 Å². The summed E-state index contributed by atoms with van der Waals surface area (Å²) in [5, 5.41) is 2.85. The van der Waals surface area contributed by atoms with E-state index >= 15 is 0 Å². The number of rotatable bonds is 7. The van der Waals surface area contributed by atoms with Crippen molar-refractivity contribution < 1.29 is 14.0 Å². The van der Waals surface area contributed by atoms with Gasteiger partial charge in [0.2, 0.25) is 11.9 Å². The van der Waals surface area contributed by atoms with Gasteiger partial charge < -0.3 is 4.90 Å². The molecule has 178 valence electrons. The molecule has 3 aromatic carbocycles. The van der Waals surface area contributed by atoms with Crippen molar-refractivity contribution >= 4 is 17.8 Å². The fourth-order valence-corrected chi connectivity index (χ4v) is 3.72. The summed E-state index contributed by atoms with van der Waals surface area (Å²) >= 11 is 0. The highest BCUT2D eigenvalue weighted by atomic mass is 19.1. The van der Waals surface area contributed by atoms with Crippen molar-refractivity contribution in [3.8, 4) is 16.9 Å². The summed E-state index contributed by atoms with van der Waals surface area (Å²) in [6, 6.07) is 23.0. The zero-order chi connectivity index (χ0) is 24.9. The molecular weight excluding hydrogens is 443 g/mol. The number of imidazole rings is 1. The molecule has 1 aromatic heterocycles. The van der Waals surface area contributed by atoms with Crippen LogP contribution >= 0.6 is 0 Å². The Morgan fingerprint density at radius 1 is 0.971 bits per heavy atom. The highest BCUT2D eigenvalue weighted by Gasteiger charge is 2.24. The zero-order valence-corrected chi connectivity index (χ0v) is 19.9. The molecule has 35 heavy (non-hydrogen) atoms. The average molecular weight is 471 g/mol. The van der Waals surface area contributed by atoms with Crippen LogP contribution in [0.15, 0.2) is 85.1 Å². The maximum absolute atomic E-state index is 14.2. The van der Waals surface area contributed by atoms with Gasteiger partial charge in [-0.25, -0.2) is 9.37 Å². The van der Waals surface area contributed by atoms with Crippen LogP contribution in [0, 0.1) is 12.7 Å². The summed E-state index contributed by atoms with van der Waals surface area (Å²) in [7, 11) is 0. The topological polar surface area (TPSA) is 67.2 Å². The van der Waals surface area contributed by atoms with Crippen molar-refractivity contribution in [1.29, 1.82) is 0 Å². The smallest absolute Gasteiger partial charge is 0.257 e. The van der Waals surface area contributed by atoms with E-state index in [-0.39, 0.29) is 18.2 Å². The molecule has 0 bridgehead atoms. The van der Waals surface area contributed by atoms with Crippen LogP contribution < -0.4 is 5.32 Å². The lowest BCUT2D eigenvalue weighted by molar-refractivity contribution is -0.117. The van der Waals surface area contributed by atoms with Gasteiger partial charge in [0.25, 0.3) is 5.91 Å². The Bertz CT molecular complexity index is 1330. The monoisotopic (exact) mass is 470 g/mol. The molecule has 0 saturated carbocycles. The highest BCUT2D eigenvalue weighted by Crippen LogP contribution is 2.24. The average Bonchev–Trinajstić information content (AvgIpc) is 3.27. The molecule has 0 atom stereocenters. The number of hydrogen-bond acceptors (Lipinski definition) is 3. The molecule has 0 aliphatic heterocycles. The van der Waals surface area contributed by atoms with Crippen LogP contribution in [0.3, 0.4) is 0 Å². The minimum absolute atomic E-state index is 0.0680. The first kappa shape index (κ1) is 23.9. The summed E-state index contributed by atoms with van der Waals surface area (Å²) in [5.74, 6) is -1.26. The second-order valence-corrected chi connectivity index (χ2v) is 8.58. The van der Waals surface area contributed by atoms with Crippen LogP contribution in [-0.4, -0.2) is 38.9 Å². The Morgan fingerprint density at radius 3 is 2.29 bits per heavy atom. The van der Waals surface area contributed by atoms with Gasteiger partial charge >= 0.3 is 0 Å². The molecule has 0 aliphatic rings. The molecule has 0 saturated heterocycles. The van der Waals surface area contributed by atoms with E-state index in [2.05, 4.69) is 10.3 Å². The molecule has 0 unspecified atom stereocenters. The van der Waals surface area contributed by atoms with Crippen molar-refractivity contribution in [3.05, 3.63) is 102 Å². The highest BCUT2D eigenvalue weighted by molar-refractivity contribution is 5.99. The minimum atomic E-state index is -0.619. The molecule has 0 radical (unpaired) electrons. The molecule has 0 aliphatic carbocycles. The second-order valence-electron chi connectivity index (χ2n) is 8.58. The molecule has 4 rings (SSSR count). The van der Waals surface area contributed by atoms with E-state index in [9.17, 15) is 14.0 Å². The van der Waals surface area contributed by atoms with Crippen LogP contribution in [0.4, 0.5) is 10.3 Å². The first-order chi connectivity index (χ1) is 16.8. The van der Waals surface area contributed by atoms with Crippen LogP contribution in [0.1, 0.15) is 29.8 Å². The number of amides is 2. The Kier molecular flexibility index (Phi) is 7.06. The van der Waals surface area contributed by atoms with Gasteiger partial charge in [-0.1, -0.05) is 60.2 Å². The van der Waals surface area contributed by atoms with Crippen LogP contribution in [0.2, 0.25) is 0 Å². The Labute approximate surface area is 204 Å². The van der Waals surface area contributed by atoms with Gasteiger partial charge in [0.05, 0.1) is 11.3 Å². The van der Waals surface area contributed by atoms with E-state index in [0.717, 1.165) is 16.8 Å². The van der Waals surface area contributed by atoms with Gasteiger partial charge in [0, 0.05) is 23.5 Å². The Morgan fingerprint density at radius 2 is 1.63 bits per heavy atom. The van der Waals surface area contributed by atoms with Crippen LogP contribution in [0.5, 0.6) is 0 Å². The molecule has 4 aromatic rings. The molecule has 0 fully saturated rings. The molecule has 1 heterocycles. The van der Waals surface area contributed by atoms with Crippen molar-refractivity contribution in [2.24, 2.45) is 0 Å². The standard InChI is InChI=1S/C28H27FN4O2/c1-19(2)32(27(35)23-11-7-8-12-24(23)29)18-26(34)31-28-30-25(21-9-5-4-6-10-21)17-33(28)22-15-13-20(3)14-16-22/h4-17,19H,18H2,1-3H3,(H,30,31,34). The number of hydrogen-bond donors (Lipinski definition) is 1. The number of nitrogens with one attached hydrogen (secondary N) is 1. The molecule has 2 amide bonds. The normalized spacial score (nSPS) is 10.9. The Hall–Kier alpha value is -4.26. The van der Waals surface area contributed by atoms with Gasteiger partial charge in [0.15, 0.2) is 0 Å². The van der Waals surface area contributed by atoms with E-state index in [1.165, 1.54) is 23.1 Å².